The van der Waals surface area contributed by atoms with Crippen LogP contribution in [0.15, 0.2) is 12.1 Å². The molecule has 0 aliphatic heterocycles. The maximum atomic E-state index is 5.42. The van der Waals surface area contributed by atoms with Gasteiger partial charge in [-0.25, -0.2) is 0 Å². The summed E-state index contributed by atoms with van der Waals surface area (Å²) in [7, 11) is 2.08. The van der Waals surface area contributed by atoms with Gasteiger partial charge in [-0.1, -0.05) is 6.92 Å². The Morgan fingerprint density at radius 2 is 2.21 bits per heavy atom. The first-order chi connectivity index (χ1) is 6.72. The van der Waals surface area contributed by atoms with E-state index in [0.717, 1.165) is 25.5 Å². The second kappa shape index (κ2) is 5.39. The first-order valence-electron chi connectivity index (χ1n) is 4.74. The fourth-order valence-corrected chi connectivity index (χ4v) is 0.970. The lowest BCUT2D eigenvalue weighted by Crippen LogP contribution is -2.25. The third kappa shape index (κ3) is 3.57. The SMILES string of the molecule is CCN(C)CCNc1ccc(N)nn1. The normalized spacial score (nSPS) is 10.5. The summed E-state index contributed by atoms with van der Waals surface area (Å²) in [6, 6.07) is 3.56. The van der Waals surface area contributed by atoms with E-state index in [2.05, 4.69) is 34.4 Å². The molecule has 1 aromatic rings. The van der Waals surface area contributed by atoms with Crippen LogP contribution in [0.5, 0.6) is 0 Å². The average molecular weight is 195 g/mol. The van der Waals surface area contributed by atoms with Crippen LogP contribution < -0.4 is 11.1 Å². The Hall–Kier alpha value is -1.36. The molecule has 0 radical (unpaired) electrons. The summed E-state index contributed by atoms with van der Waals surface area (Å²) in [5.74, 6) is 1.21. The first-order valence-corrected chi connectivity index (χ1v) is 4.74. The van der Waals surface area contributed by atoms with E-state index < -0.39 is 0 Å². The van der Waals surface area contributed by atoms with E-state index in [1.165, 1.54) is 0 Å². The topological polar surface area (TPSA) is 67.1 Å². The van der Waals surface area contributed by atoms with E-state index in [1.54, 1.807) is 6.07 Å². The molecule has 1 rings (SSSR count). The molecule has 5 nitrogen and oxygen atoms in total. The van der Waals surface area contributed by atoms with Crippen molar-refractivity contribution < 1.29 is 0 Å². The summed E-state index contributed by atoms with van der Waals surface area (Å²) in [5.41, 5.74) is 5.42. The molecule has 3 N–H and O–H groups in total. The van der Waals surface area contributed by atoms with Crippen LogP contribution in [-0.2, 0) is 0 Å². The first kappa shape index (κ1) is 10.7. The molecule has 0 unspecified atom stereocenters. The highest BCUT2D eigenvalue weighted by molar-refractivity contribution is 5.38. The van der Waals surface area contributed by atoms with Crippen molar-refractivity contribution in [3.05, 3.63) is 12.1 Å². The minimum absolute atomic E-state index is 0.446. The van der Waals surface area contributed by atoms with Gasteiger partial charge in [0, 0.05) is 13.1 Å². The number of likely N-dealkylation sites (N-methyl/N-ethyl adjacent to an activating group) is 1. The number of hydrogen-bond acceptors (Lipinski definition) is 5. The molecule has 1 heterocycles. The number of anilines is 2. The van der Waals surface area contributed by atoms with E-state index >= 15 is 0 Å². The zero-order valence-corrected chi connectivity index (χ0v) is 8.70. The fraction of sp³-hybridized carbons (Fsp3) is 0.556. The summed E-state index contributed by atoms with van der Waals surface area (Å²) in [4.78, 5) is 2.22. The van der Waals surface area contributed by atoms with Gasteiger partial charge in [0.1, 0.15) is 11.6 Å². The molecule has 0 aromatic carbocycles. The van der Waals surface area contributed by atoms with Gasteiger partial charge in [-0.2, -0.15) is 0 Å². The van der Waals surface area contributed by atoms with Gasteiger partial charge in [-0.05, 0) is 25.7 Å². The lowest BCUT2D eigenvalue weighted by Gasteiger charge is -2.13. The number of nitrogens with zero attached hydrogens (tertiary/aromatic N) is 3. The molecule has 0 atom stereocenters. The average Bonchev–Trinajstić information content (AvgIpc) is 2.21. The van der Waals surface area contributed by atoms with Gasteiger partial charge in [0.25, 0.3) is 0 Å². The Labute approximate surface area is 84.3 Å². The van der Waals surface area contributed by atoms with E-state index in [0.29, 0.717) is 5.82 Å². The highest BCUT2D eigenvalue weighted by atomic mass is 15.2. The minimum Gasteiger partial charge on any atom is -0.382 e. The highest BCUT2D eigenvalue weighted by Crippen LogP contribution is 2.01. The minimum atomic E-state index is 0.446. The highest BCUT2D eigenvalue weighted by Gasteiger charge is 1.96. The summed E-state index contributed by atoms with van der Waals surface area (Å²) in [6.45, 7) is 5.03. The summed E-state index contributed by atoms with van der Waals surface area (Å²) >= 11 is 0. The third-order valence-electron chi connectivity index (χ3n) is 2.02. The second-order valence-electron chi connectivity index (χ2n) is 3.17. The molecular formula is C9H17N5. The van der Waals surface area contributed by atoms with Crippen molar-refractivity contribution >= 4 is 11.6 Å². The maximum absolute atomic E-state index is 5.42. The van der Waals surface area contributed by atoms with Crippen LogP contribution in [-0.4, -0.2) is 41.8 Å². The van der Waals surface area contributed by atoms with E-state index in [9.17, 15) is 0 Å². The molecule has 0 amide bonds. The van der Waals surface area contributed by atoms with Crippen LogP contribution in [0.1, 0.15) is 6.92 Å². The summed E-state index contributed by atoms with van der Waals surface area (Å²) in [6.07, 6.45) is 0. The molecule has 0 aliphatic rings. The Bertz CT molecular complexity index is 258. The van der Waals surface area contributed by atoms with Crippen molar-refractivity contribution in [2.75, 3.05) is 37.7 Å². The molecule has 14 heavy (non-hydrogen) atoms. The fourth-order valence-electron chi connectivity index (χ4n) is 0.970. The lowest BCUT2D eigenvalue weighted by molar-refractivity contribution is 0.367. The number of nitrogens with two attached hydrogens (primary N) is 1. The van der Waals surface area contributed by atoms with Gasteiger partial charge in [-0.15, -0.1) is 10.2 Å². The van der Waals surface area contributed by atoms with Gasteiger partial charge in [0.2, 0.25) is 0 Å². The third-order valence-corrected chi connectivity index (χ3v) is 2.02. The molecule has 0 fully saturated rings. The van der Waals surface area contributed by atoms with Gasteiger partial charge < -0.3 is 16.0 Å². The summed E-state index contributed by atoms with van der Waals surface area (Å²) in [5, 5.41) is 10.8. The van der Waals surface area contributed by atoms with Gasteiger partial charge >= 0.3 is 0 Å². The molecule has 0 aliphatic carbocycles. The van der Waals surface area contributed by atoms with Crippen LogP contribution in [0.4, 0.5) is 11.6 Å². The van der Waals surface area contributed by atoms with Crippen LogP contribution in [0, 0.1) is 0 Å². The molecule has 5 heteroatoms. The Kier molecular flexibility index (Phi) is 4.12. The Balaban J connectivity index is 2.28. The van der Waals surface area contributed by atoms with Gasteiger partial charge in [-0.3, -0.25) is 0 Å². The number of aromatic nitrogens is 2. The van der Waals surface area contributed by atoms with E-state index in [4.69, 9.17) is 5.73 Å². The Morgan fingerprint density at radius 3 is 2.79 bits per heavy atom. The van der Waals surface area contributed by atoms with Gasteiger partial charge in [0.15, 0.2) is 0 Å². The lowest BCUT2D eigenvalue weighted by atomic mass is 10.4. The van der Waals surface area contributed by atoms with Crippen molar-refractivity contribution in [1.82, 2.24) is 15.1 Å². The number of hydrogen-bond donors (Lipinski definition) is 2. The zero-order chi connectivity index (χ0) is 10.4. The standard InChI is InChI=1S/C9H17N5/c1-3-14(2)7-6-11-9-5-4-8(10)12-13-9/h4-5H,3,6-7H2,1-2H3,(H2,10,12)(H,11,13). The molecular weight excluding hydrogens is 178 g/mol. The largest absolute Gasteiger partial charge is 0.382 e. The molecule has 0 saturated heterocycles. The van der Waals surface area contributed by atoms with E-state index in [-0.39, 0.29) is 0 Å². The molecule has 0 bridgehead atoms. The van der Waals surface area contributed by atoms with E-state index in [1.807, 2.05) is 6.07 Å². The monoisotopic (exact) mass is 195 g/mol. The van der Waals surface area contributed by atoms with Crippen molar-refractivity contribution in [2.24, 2.45) is 0 Å². The Morgan fingerprint density at radius 1 is 1.43 bits per heavy atom. The predicted molar refractivity (Wildman–Crippen MR) is 58.1 cm³/mol. The number of nitrogen functional groups attached to an aromatic ring is 1. The van der Waals surface area contributed by atoms with Crippen molar-refractivity contribution in [1.29, 1.82) is 0 Å². The van der Waals surface area contributed by atoms with Crippen LogP contribution in [0.2, 0.25) is 0 Å². The van der Waals surface area contributed by atoms with Crippen molar-refractivity contribution in [2.45, 2.75) is 6.92 Å². The predicted octanol–water partition coefficient (Wildman–Crippen LogP) is 0.422. The van der Waals surface area contributed by atoms with Crippen molar-refractivity contribution in [3.8, 4) is 0 Å². The summed E-state index contributed by atoms with van der Waals surface area (Å²) < 4.78 is 0. The maximum Gasteiger partial charge on any atom is 0.148 e. The van der Waals surface area contributed by atoms with Crippen LogP contribution in [0.25, 0.3) is 0 Å². The molecule has 0 saturated carbocycles. The molecule has 0 spiro atoms. The smallest absolute Gasteiger partial charge is 0.148 e. The van der Waals surface area contributed by atoms with Crippen LogP contribution >= 0.6 is 0 Å². The van der Waals surface area contributed by atoms with Crippen molar-refractivity contribution in [3.63, 3.8) is 0 Å². The zero-order valence-electron chi connectivity index (χ0n) is 8.70. The second-order valence-corrected chi connectivity index (χ2v) is 3.17. The van der Waals surface area contributed by atoms with Gasteiger partial charge in [0.05, 0.1) is 0 Å². The quantitative estimate of drug-likeness (QED) is 0.713. The number of rotatable bonds is 5. The molecule has 1 aromatic heterocycles. The number of nitrogens with one attached hydrogen (secondary N) is 1. The van der Waals surface area contributed by atoms with Crippen LogP contribution in [0.3, 0.4) is 0 Å². The molecule has 78 valence electrons.